The molecule has 88 valence electrons. The highest BCUT2D eigenvalue weighted by Gasteiger charge is 2.31. The molecule has 0 aromatic carbocycles. The minimum atomic E-state index is -0.869. The van der Waals surface area contributed by atoms with Crippen molar-refractivity contribution in [3.8, 4) is 0 Å². The summed E-state index contributed by atoms with van der Waals surface area (Å²) in [6.07, 6.45) is -1.65. The van der Waals surface area contributed by atoms with Gasteiger partial charge >= 0.3 is 6.09 Å². The Labute approximate surface area is 89.6 Å². The van der Waals surface area contributed by atoms with Gasteiger partial charge in [-0.3, -0.25) is 0 Å². The molecule has 1 rings (SSSR count). The topological polar surface area (TPSA) is 70.0 Å². The summed E-state index contributed by atoms with van der Waals surface area (Å²) in [6, 6.07) is 0. The van der Waals surface area contributed by atoms with Crippen LogP contribution < -0.4 is 0 Å². The fourth-order valence-electron chi connectivity index (χ4n) is 1.41. The van der Waals surface area contributed by atoms with Gasteiger partial charge < -0.3 is 19.8 Å². The molecule has 0 bridgehead atoms. The number of rotatable bonds is 0. The van der Waals surface area contributed by atoms with Crippen molar-refractivity contribution in [2.24, 2.45) is 0 Å². The second-order valence-corrected chi connectivity index (χ2v) is 4.85. The first-order valence-electron chi connectivity index (χ1n) is 5.13. The Morgan fingerprint density at radius 2 is 1.93 bits per heavy atom. The van der Waals surface area contributed by atoms with Crippen LogP contribution in [0.4, 0.5) is 4.79 Å². The molecule has 1 unspecified atom stereocenters. The zero-order valence-corrected chi connectivity index (χ0v) is 9.43. The van der Waals surface area contributed by atoms with E-state index in [4.69, 9.17) is 4.74 Å². The van der Waals surface area contributed by atoms with Crippen molar-refractivity contribution in [3.63, 3.8) is 0 Å². The van der Waals surface area contributed by atoms with Crippen LogP contribution in [-0.2, 0) is 4.74 Å². The van der Waals surface area contributed by atoms with Crippen molar-refractivity contribution in [2.45, 2.75) is 45.0 Å². The zero-order chi connectivity index (χ0) is 11.6. The number of ether oxygens (including phenoxy) is 1. The number of piperidine rings is 1. The summed E-state index contributed by atoms with van der Waals surface area (Å²) >= 11 is 0. The van der Waals surface area contributed by atoms with Crippen LogP contribution >= 0.6 is 0 Å². The summed E-state index contributed by atoms with van der Waals surface area (Å²) in [5, 5.41) is 18.7. The summed E-state index contributed by atoms with van der Waals surface area (Å²) in [5.41, 5.74) is -0.530. The van der Waals surface area contributed by atoms with Gasteiger partial charge in [0.15, 0.2) is 0 Å². The van der Waals surface area contributed by atoms with Gasteiger partial charge in [-0.15, -0.1) is 0 Å². The second-order valence-electron chi connectivity index (χ2n) is 4.85. The highest BCUT2D eigenvalue weighted by Crippen LogP contribution is 2.15. The lowest BCUT2D eigenvalue weighted by molar-refractivity contribution is -0.0468. The molecule has 2 atom stereocenters. The molecule has 1 heterocycles. The van der Waals surface area contributed by atoms with Crippen molar-refractivity contribution < 1.29 is 19.7 Å². The number of aliphatic hydroxyl groups excluding tert-OH is 2. The Balaban J connectivity index is 2.48. The van der Waals surface area contributed by atoms with Crippen LogP contribution in [0.2, 0.25) is 0 Å². The summed E-state index contributed by atoms with van der Waals surface area (Å²) in [4.78, 5) is 13.0. The summed E-state index contributed by atoms with van der Waals surface area (Å²) in [5.74, 6) is 0. The van der Waals surface area contributed by atoms with Crippen LogP contribution in [-0.4, -0.2) is 52.1 Å². The maximum atomic E-state index is 11.6. The van der Waals surface area contributed by atoms with Crippen molar-refractivity contribution in [3.05, 3.63) is 0 Å². The van der Waals surface area contributed by atoms with Gasteiger partial charge in [-0.25, -0.2) is 4.79 Å². The number of likely N-dealkylation sites (tertiary alicyclic amines) is 1. The Bertz CT molecular complexity index is 236. The van der Waals surface area contributed by atoms with Gasteiger partial charge in [0, 0.05) is 6.54 Å². The molecule has 5 heteroatoms. The van der Waals surface area contributed by atoms with Gasteiger partial charge in [-0.05, 0) is 27.2 Å². The molecule has 2 N–H and O–H groups in total. The molecule has 1 saturated heterocycles. The SMILES string of the molecule is CC(C)(C)OC(=O)N1CCC(O)[C@H](O)C1. The highest BCUT2D eigenvalue weighted by atomic mass is 16.6. The Kier molecular flexibility index (Phi) is 3.57. The number of β-amino-alcohol motifs (C(OH)–C–C–N with tert-alkyl or cyclic N) is 1. The van der Waals surface area contributed by atoms with E-state index in [9.17, 15) is 15.0 Å². The van der Waals surface area contributed by atoms with Crippen molar-refractivity contribution >= 4 is 6.09 Å². The number of hydrogen-bond donors (Lipinski definition) is 2. The average Bonchev–Trinajstić information content (AvgIpc) is 2.06. The van der Waals surface area contributed by atoms with Crippen LogP contribution in [0.5, 0.6) is 0 Å². The largest absolute Gasteiger partial charge is 0.444 e. The van der Waals surface area contributed by atoms with Gasteiger partial charge in [0.2, 0.25) is 0 Å². The van der Waals surface area contributed by atoms with E-state index in [0.29, 0.717) is 13.0 Å². The molecule has 0 aliphatic carbocycles. The first-order chi connectivity index (χ1) is 6.79. The molecule has 1 fully saturated rings. The minimum Gasteiger partial charge on any atom is -0.444 e. The van der Waals surface area contributed by atoms with Gasteiger partial charge in [0.05, 0.1) is 18.8 Å². The lowest BCUT2D eigenvalue weighted by atomic mass is 10.1. The fourth-order valence-corrected chi connectivity index (χ4v) is 1.41. The number of carbonyl (C=O) groups excluding carboxylic acids is 1. The van der Waals surface area contributed by atoms with E-state index in [0.717, 1.165) is 0 Å². The van der Waals surface area contributed by atoms with Crippen molar-refractivity contribution in [1.29, 1.82) is 0 Å². The normalized spacial score (nSPS) is 27.7. The van der Waals surface area contributed by atoms with Gasteiger partial charge in [-0.1, -0.05) is 0 Å². The predicted molar refractivity (Wildman–Crippen MR) is 54.4 cm³/mol. The lowest BCUT2D eigenvalue weighted by Gasteiger charge is -2.34. The van der Waals surface area contributed by atoms with E-state index in [1.54, 1.807) is 20.8 Å². The maximum Gasteiger partial charge on any atom is 0.410 e. The van der Waals surface area contributed by atoms with E-state index in [1.165, 1.54) is 4.90 Å². The van der Waals surface area contributed by atoms with Gasteiger partial charge in [0.1, 0.15) is 5.60 Å². The highest BCUT2D eigenvalue weighted by molar-refractivity contribution is 5.68. The number of carbonyl (C=O) groups is 1. The molecule has 0 saturated carbocycles. The fraction of sp³-hybridized carbons (Fsp3) is 0.900. The van der Waals surface area contributed by atoms with Crippen LogP contribution in [0, 0.1) is 0 Å². The summed E-state index contributed by atoms with van der Waals surface area (Å²) < 4.78 is 5.15. The quantitative estimate of drug-likeness (QED) is 0.614. The second kappa shape index (κ2) is 4.37. The number of aliphatic hydroxyl groups is 2. The van der Waals surface area contributed by atoms with Crippen LogP contribution in [0.25, 0.3) is 0 Å². The van der Waals surface area contributed by atoms with E-state index < -0.39 is 23.9 Å². The number of nitrogens with zero attached hydrogens (tertiary/aromatic N) is 1. The zero-order valence-electron chi connectivity index (χ0n) is 9.43. The third-order valence-corrected chi connectivity index (χ3v) is 2.20. The molecule has 15 heavy (non-hydrogen) atoms. The lowest BCUT2D eigenvalue weighted by Crippen LogP contribution is -2.50. The minimum absolute atomic E-state index is 0.135. The van der Waals surface area contributed by atoms with Crippen LogP contribution in [0.1, 0.15) is 27.2 Å². The predicted octanol–water partition coefficient (Wildman–Crippen LogP) is 0.349. The van der Waals surface area contributed by atoms with Crippen LogP contribution in [0.15, 0.2) is 0 Å². The molecule has 0 aromatic rings. The van der Waals surface area contributed by atoms with Crippen LogP contribution in [0.3, 0.4) is 0 Å². The first kappa shape index (κ1) is 12.3. The van der Waals surface area contributed by atoms with E-state index in [1.807, 2.05) is 0 Å². The van der Waals surface area contributed by atoms with Gasteiger partial charge in [0.25, 0.3) is 0 Å². The maximum absolute atomic E-state index is 11.6. The Morgan fingerprint density at radius 3 is 2.40 bits per heavy atom. The monoisotopic (exact) mass is 217 g/mol. The molecule has 0 spiro atoms. The van der Waals surface area contributed by atoms with Crippen molar-refractivity contribution in [1.82, 2.24) is 4.90 Å². The summed E-state index contributed by atoms with van der Waals surface area (Å²) in [7, 11) is 0. The number of hydrogen-bond acceptors (Lipinski definition) is 4. The number of amides is 1. The van der Waals surface area contributed by atoms with E-state index >= 15 is 0 Å². The van der Waals surface area contributed by atoms with Crippen molar-refractivity contribution in [2.75, 3.05) is 13.1 Å². The Morgan fingerprint density at radius 1 is 1.33 bits per heavy atom. The smallest absolute Gasteiger partial charge is 0.410 e. The molecule has 5 nitrogen and oxygen atoms in total. The Hall–Kier alpha value is -0.810. The van der Waals surface area contributed by atoms with E-state index in [-0.39, 0.29) is 6.54 Å². The van der Waals surface area contributed by atoms with E-state index in [2.05, 4.69) is 0 Å². The molecular formula is C10H19NO4. The molecule has 0 aromatic heterocycles. The average molecular weight is 217 g/mol. The molecule has 1 aliphatic heterocycles. The third-order valence-electron chi connectivity index (χ3n) is 2.20. The molecule has 0 radical (unpaired) electrons. The molecule has 1 aliphatic rings. The first-order valence-corrected chi connectivity index (χ1v) is 5.13. The molecule has 1 amide bonds. The molecular weight excluding hydrogens is 198 g/mol. The van der Waals surface area contributed by atoms with Gasteiger partial charge in [-0.2, -0.15) is 0 Å². The summed E-state index contributed by atoms with van der Waals surface area (Å²) in [6.45, 7) is 5.93. The third kappa shape index (κ3) is 3.68. The standard InChI is InChI=1S/C10H19NO4/c1-10(2,3)15-9(14)11-5-4-7(12)8(13)6-11/h7-8,12-13H,4-6H2,1-3H3/t7?,8-/m1/s1.